The smallest absolute Gasteiger partial charge is 0.140 e. The van der Waals surface area contributed by atoms with Gasteiger partial charge in [0.1, 0.15) is 17.4 Å². The number of hydrogen-bond acceptors (Lipinski definition) is 4. The number of nitrogens with zero attached hydrogens (tertiary/aromatic N) is 1. The second-order valence-corrected chi connectivity index (χ2v) is 6.46. The van der Waals surface area contributed by atoms with E-state index in [9.17, 15) is 0 Å². The van der Waals surface area contributed by atoms with Gasteiger partial charge in [-0.25, -0.2) is 4.98 Å². The third-order valence-electron chi connectivity index (χ3n) is 2.94. The number of nitrogens with two attached hydrogens (primary N) is 1. The van der Waals surface area contributed by atoms with Gasteiger partial charge in [-0.3, -0.25) is 0 Å². The first-order valence-corrected chi connectivity index (χ1v) is 7.12. The Morgan fingerprint density at radius 3 is 2.42 bits per heavy atom. The molecule has 0 unspecified atom stereocenters. The van der Waals surface area contributed by atoms with E-state index in [0.717, 1.165) is 26.8 Å². The zero-order valence-electron chi connectivity index (χ0n) is 11.9. The van der Waals surface area contributed by atoms with Crippen LogP contribution in [0.1, 0.15) is 34.9 Å². The molecule has 2 N–H and O–H groups in total. The van der Waals surface area contributed by atoms with Gasteiger partial charge in [0.15, 0.2) is 0 Å². The Morgan fingerprint density at radius 2 is 1.89 bits per heavy atom. The lowest BCUT2D eigenvalue weighted by Crippen LogP contribution is -2.27. The molecule has 0 radical (unpaired) electrons. The molecule has 0 fully saturated rings. The Balaban J connectivity index is 2.09. The fraction of sp³-hybridized carbons (Fsp3) is 0.400. The van der Waals surface area contributed by atoms with Crippen molar-refractivity contribution in [3.63, 3.8) is 0 Å². The van der Waals surface area contributed by atoms with Crippen molar-refractivity contribution >= 4 is 11.3 Å². The number of ether oxygens (including phenoxy) is 1. The molecule has 0 amide bonds. The van der Waals surface area contributed by atoms with Gasteiger partial charge in [-0.05, 0) is 38.8 Å². The van der Waals surface area contributed by atoms with Gasteiger partial charge in [0.2, 0.25) is 0 Å². The van der Waals surface area contributed by atoms with Crippen LogP contribution in [0.25, 0.3) is 0 Å². The molecular weight excluding hydrogens is 256 g/mol. The Kier molecular flexibility index (Phi) is 3.92. The number of para-hydroxylation sites is 1. The summed E-state index contributed by atoms with van der Waals surface area (Å²) >= 11 is 1.61. The summed E-state index contributed by atoms with van der Waals surface area (Å²) in [5, 5.41) is 0.955. The van der Waals surface area contributed by atoms with Gasteiger partial charge in [0.05, 0.1) is 0 Å². The summed E-state index contributed by atoms with van der Waals surface area (Å²) in [5.41, 5.74) is 8.01. The van der Waals surface area contributed by atoms with Gasteiger partial charge in [-0.15, -0.1) is 11.3 Å². The standard InChI is InChI=1S/C15H20N2OS/c1-10-6-5-7-11(2)14(10)18-9-13-17-8-12(19-13)15(3,4)16/h5-8H,9,16H2,1-4H3. The SMILES string of the molecule is Cc1cccc(C)c1OCc1ncc(C(C)(C)N)s1. The molecule has 2 aromatic rings. The molecule has 1 aromatic carbocycles. The minimum Gasteiger partial charge on any atom is -0.486 e. The van der Waals surface area contributed by atoms with E-state index in [-0.39, 0.29) is 5.54 Å². The molecule has 1 aromatic heterocycles. The fourth-order valence-electron chi connectivity index (χ4n) is 1.84. The summed E-state index contributed by atoms with van der Waals surface area (Å²) in [7, 11) is 0. The summed E-state index contributed by atoms with van der Waals surface area (Å²) in [6.45, 7) is 8.57. The summed E-state index contributed by atoms with van der Waals surface area (Å²) in [4.78, 5) is 5.45. The van der Waals surface area contributed by atoms with Crippen molar-refractivity contribution in [3.05, 3.63) is 45.4 Å². The highest BCUT2D eigenvalue weighted by Crippen LogP contribution is 2.27. The Hall–Kier alpha value is -1.39. The number of rotatable bonds is 4. The molecule has 0 spiro atoms. The van der Waals surface area contributed by atoms with Crippen molar-refractivity contribution in [2.45, 2.75) is 39.8 Å². The number of benzene rings is 1. The lowest BCUT2D eigenvalue weighted by molar-refractivity contribution is 0.301. The predicted molar refractivity (Wildman–Crippen MR) is 79.6 cm³/mol. The summed E-state index contributed by atoms with van der Waals surface area (Å²) in [6.07, 6.45) is 1.84. The van der Waals surface area contributed by atoms with Crippen LogP contribution in [0.2, 0.25) is 0 Å². The monoisotopic (exact) mass is 276 g/mol. The van der Waals surface area contributed by atoms with E-state index >= 15 is 0 Å². The minimum absolute atomic E-state index is 0.339. The second-order valence-electron chi connectivity index (χ2n) is 5.35. The molecule has 102 valence electrons. The molecule has 2 rings (SSSR count). The molecule has 0 saturated carbocycles. The normalized spacial score (nSPS) is 11.6. The Labute approximate surface area is 118 Å². The van der Waals surface area contributed by atoms with Crippen LogP contribution in [0.4, 0.5) is 0 Å². The van der Waals surface area contributed by atoms with Gasteiger partial charge in [0, 0.05) is 16.6 Å². The van der Waals surface area contributed by atoms with Gasteiger partial charge >= 0.3 is 0 Å². The van der Waals surface area contributed by atoms with Crippen LogP contribution in [0.15, 0.2) is 24.4 Å². The molecule has 0 saturated heterocycles. The molecule has 4 heteroatoms. The molecule has 3 nitrogen and oxygen atoms in total. The molecule has 0 aliphatic rings. The quantitative estimate of drug-likeness (QED) is 0.929. The maximum Gasteiger partial charge on any atom is 0.140 e. The van der Waals surface area contributed by atoms with Crippen LogP contribution in [0.3, 0.4) is 0 Å². The maximum absolute atomic E-state index is 6.06. The van der Waals surface area contributed by atoms with Crippen molar-refractivity contribution in [2.24, 2.45) is 5.73 Å². The van der Waals surface area contributed by atoms with E-state index in [1.807, 2.05) is 26.1 Å². The zero-order valence-corrected chi connectivity index (χ0v) is 12.7. The van der Waals surface area contributed by atoms with Crippen molar-refractivity contribution < 1.29 is 4.74 Å². The van der Waals surface area contributed by atoms with Crippen LogP contribution in [0, 0.1) is 13.8 Å². The van der Waals surface area contributed by atoms with E-state index < -0.39 is 0 Å². The lowest BCUT2D eigenvalue weighted by Gasteiger charge is -2.14. The zero-order chi connectivity index (χ0) is 14.0. The number of aryl methyl sites for hydroxylation is 2. The van der Waals surface area contributed by atoms with Crippen LogP contribution in [-0.2, 0) is 12.1 Å². The molecule has 19 heavy (non-hydrogen) atoms. The number of aromatic nitrogens is 1. The first kappa shape index (κ1) is 14.0. The third kappa shape index (κ3) is 3.33. The van der Waals surface area contributed by atoms with Gasteiger partial charge in [-0.2, -0.15) is 0 Å². The Bertz CT molecular complexity index is 550. The van der Waals surface area contributed by atoms with Crippen LogP contribution in [0.5, 0.6) is 5.75 Å². The molecule has 0 bridgehead atoms. The van der Waals surface area contributed by atoms with Crippen molar-refractivity contribution in [3.8, 4) is 5.75 Å². The van der Waals surface area contributed by atoms with Gasteiger partial charge in [-0.1, -0.05) is 18.2 Å². The molecule has 1 heterocycles. The first-order chi connectivity index (χ1) is 8.88. The molecule has 0 aliphatic carbocycles. The van der Waals surface area contributed by atoms with Crippen molar-refractivity contribution in [1.29, 1.82) is 0 Å². The molecule has 0 aliphatic heterocycles. The second kappa shape index (κ2) is 5.31. The maximum atomic E-state index is 6.06. The first-order valence-electron chi connectivity index (χ1n) is 6.31. The van der Waals surface area contributed by atoms with E-state index in [1.165, 1.54) is 0 Å². The van der Waals surface area contributed by atoms with Crippen molar-refractivity contribution in [2.75, 3.05) is 0 Å². The highest BCUT2D eigenvalue weighted by Gasteiger charge is 2.17. The summed E-state index contributed by atoms with van der Waals surface area (Å²) < 4.78 is 5.89. The highest BCUT2D eigenvalue weighted by atomic mass is 32.1. The predicted octanol–water partition coefficient (Wildman–Crippen LogP) is 3.53. The molecular formula is C15H20N2OS. The number of hydrogen-bond donors (Lipinski definition) is 1. The lowest BCUT2D eigenvalue weighted by atomic mass is 10.1. The van der Waals surface area contributed by atoms with E-state index in [0.29, 0.717) is 6.61 Å². The number of thiazole rings is 1. The minimum atomic E-state index is -0.339. The molecule has 0 atom stereocenters. The largest absolute Gasteiger partial charge is 0.486 e. The van der Waals surface area contributed by atoms with Crippen LogP contribution >= 0.6 is 11.3 Å². The van der Waals surface area contributed by atoms with E-state index in [2.05, 4.69) is 31.0 Å². The average molecular weight is 276 g/mol. The average Bonchev–Trinajstić information content (AvgIpc) is 2.77. The van der Waals surface area contributed by atoms with E-state index in [1.54, 1.807) is 11.3 Å². The third-order valence-corrected chi connectivity index (χ3v) is 4.25. The van der Waals surface area contributed by atoms with Crippen LogP contribution < -0.4 is 10.5 Å². The summed E-state index contributed by atoms with van der Waals surface area (Å²) in [6, 6.07) is 6.15. The van der Waals surface area contributed by atoms with Gasteiger partial charge in [0.25, 0.3) is 0 Å². The van der Waals surface area contributed by atoms with Crippen molar-refractivity contribution in [1.82, 2.24) is 4.98 Å². The summed E-state index contributed by atoms with van der Waals surface area (Å²) in [5.74, 6) is 0.950. The van der Waals surface area contributed by atoms with Crippen LogP contribution in [-0.4, -0.2) is 4.98 Å². The highest BCUT2D eigenvalue weighted by molar-refractivity contribution is 7.11. The van der Waals surface area contributed by atoms with Gasteiger partial charge < -0.3 is 10.5 Å². The van der Waals surface area contributed by atoms with E-state index in [4.69, 9.17) is 10.5 Å². The Morgan fingerprint density at radius 1 is 1.26 bits per heavy atom. The fourth-order valence-corrected chi connectivity index (χ4v) is 2.68. The topological polar surface area (TPSA) is 48.1 Å².